The molecule has 0 saturated heterocycles. The molecule has 0 heterocycles. The molecule has 18 heavy (non-hydrogen) atoms. The van der Waals surface area contributed by atoms with Crippen molar-refractivity contribution in [3.05, 3.63) is 34.9 Å². The molecule has 1 heteroatoms. The predicted octanol–water partition coefficient (Wildman–Crippen LogP) is 4.12. The van der Waals surface area contributed by atoms with Crippen LogP contribution in [0, 0.1) is 25.7 Å². The molecule has 2 unspecified atom stereocenters. The second-order valence-corrected chi connectivity index (χ2v) is 6.22. The Morgan fingerprint density at radius 1 is 0.889 bits per heavy atom. The molecule has 2 atom stereocenters. The Balaban J connectivity index is 2.55. The number of hydrogen-bond acceptors (Lipinski definition) is 1. The topological polar surface area (TPSA) is 12.0 Å². The fourth-order valence-corrected chi connectivity index (χ4v) is 2.38. The average molecular weight is 247 g/mol. The van der Waals surface area contributed by atoms with Crippen molar-refractivity contribution >= 4 is 0 Å². The van der Waals surface area contributed by atoms with E-state index in [1.54, 1.807) is 0 Å². The zero-order valence-corrected chi connectivity index (χ0v) is 12.9. The van der Waals surface area contributed by atoms with Gasteiger partial charge < -0.3 is 5.32 Å². The van der Waals surface area contributed by atoms with Crippen molar-refractivity contribution in [2.75, 3.05) is 6.54 Å². The Labute approximate surface area is 113 Å². The summed E-state index contributed by atoms with van der Waals surface area (Å²) in [5.74, 6) is 1.44. The van der Waals surface area contributed by atoms with E-state index in [1.165, 1.54) is 23.1 Å². The molecule has 0 amide bonds. The summed E-state index contributed by atoms with van der Waals surface area (Å²) in [5.41, 5.74) is 4.24. The number of nitrogens with one attached hydrogen (secondary N) is 1. The third-order valence-corrected chi connectivity index (χ3v) is 3.66. The van der Waals surface area contributed by atoms with Crippen LogP contribution in [0.5, 0.6) is 0 Å². The van der Waals surface area contributed by atoms with E-state index in [2.05, 4.69) is 65.1 Å². The highest BCUT2D eigenvalue weighted by atomic mass is 14.9. The smallest absolute Gasteiger partial charge is 0.00104 e. The monoisotopic (exact) mass is 247 g/mol. The van der Waals surface area contributed by atoms with Gasteiger partial charge in [-0.05, 0) is 44.2 Å². The van der Waals surface area contributed by atoms with Gasteiger partial charge in [0.15, 0.2) is 0 Å². The van der Waals surface area contributed by atoms with Crippen molar-refractivity contribution in [2.24, 2.45) is 11.8 Å². The van der Waals surface area contributed by atoms with Crippen LogP contribution in [0.2, 0.25) is 0 Å². The number of aryl methyl sites for hydroxylation is 2. The van der Waals surface area contributed by atoms with Crippen LogP contribution < -0.4 is 5.32 Å². The highest BCUT2D eigenvalue weighted by Gasteiger charge is 2.13. The van der Waals surface area contributed by atoms with Crippen LogP contribution in [0.4, 0.5) is 0 Å². The van der Waals surface area contributed by atoms with Crippen molar-refractivity contribution in [3.8, 4) is 0 Å². The van der Waals surface area contributed by atoms with Crippen LogP contribution in [-0.4, -0.2) is 12.6 Å². The van der Waals surface area contributed by atoms with Crippen molar-refractivity contribution in [3.63, 3.8) is 0 Å². The zero-order chi connectivity index (χ0) is 13.7. The summed E-state index contributed by atoms with van der Waals surface area (Å²) in [6, 6.07) is 7.48. The maximum absolute atomic E-state index is 3.53. The molecule has 1 aromatic carbocycles. The molecule has 0 fully saturated rings. The molecular weight excluding hydrogens is 218 g/mol. The maximum Gasteiger partial charge on any atom is 0.00104 e. The summed E-state index contributed by atoms with van der Waals surface area (Å²) < 4.78 is 0. The summed E-state index contributed by atoms with van der Waals surface area (Å²) in [6.07, 6.45) is 1.18. The number of benzene rings is 1. The Bertz CT molecular complexity index is 348. The third kappa shape index (κ3) is 5.22. The lowest BCUT2D eigenvalue weighted by atomic mass is 9.88. The minimum Gasteiger partial charge on any atom is -0.314 e. The van der Waals surface area contributed by atoms with Gasteiger partial charge in [0.25, 0.3) is 0 Å². The summed E-state index contributed by atoms with van der Waals surface area (Å²) in [4.78, 5) is 0. The molecule has 1 nitrogen and oxygen atoms in total. The summed E-state index contributed by atoms with van der Waals surface area (Å²) in [7, 11) is 0. The number of rotatable bonds is 6. The molecule has 1 N–H and O–H groups in total. The van der Waals surface area contributed by atoms with Gasteiger partial charge in [0, 0.05) is 6.04 Å². The van der Waals surface area contributed by atoms with E-state index < -0.39 is 0 Å². The Morgan fingerprint density at radius 3 is 1.94 bits per heavy atom. The van der Waals surface area contributed by atoms with Crippen LogP contribution in [0.25, 0.3) is 0 Å². The van der Waals surface area contributed by atoms with Crippen LogP contribution >= 0.6 is 0 Å². The Kier molecular flexibility index (Phi) is 5.87. The summed E-state index contributed by atoms with van der Waals surface area (Å²) in [5, 5.41) is 3.53. The average Bonchev–Trinajstić information content (AvgIpc) is 2.24. The van der Waals surface area contributed by atoms with Crippen LogP contribution in [-0.2, 0) is 6.42 Å². The summed E-state index contributed by atoms with van der Waals surface area (Å²) >= 11 is 0. The Morgan fingerprint density at radius 2 is 1.44 bits per heavy atom. The Hall–Kier alpha value is -0.820. The van der Waals surface area contributed by atoms with Gasteiger partial charge in [-0.25, -0.2) is 0 Å². The van der Waals surface area contributed by atoms with Crippen molar-refractivity contribution < 1.29 is 0 Å². The first-order valence-corrected chi connectivity index (χ1v) is 7.19. The van der Waals surface area contributed by atoms with Crippen molar-refractivity contribution in [1.82, 2.24) is 5.32 Å². The predicted molar refractivity (Wildman–Crippen MR) is 81.1 cm³/mol. The minimum absolute atomic E-state index is 0.584. The zero-order valence-electron chi connectivity index (χ0n) is 12.9. The first-order chi connectivity index (χ1) is 8.38. The summed E-state index contributed by atoms with van der Waals surface area (Å²) in [6.45, 7) is 14.6. The van der Waals surface area contributed by atoms with E-state index in [4.69, 9.17) is 0 Å². The third-order valence-electron chi connectivity index (χ3n) is 3.66. The molecule has 102 valence electrons. The minimum atomic E-state index is 0.584. The molecule has 0 radical (unpaired) electrons. The SMILES string of the molecule is Cc1cc(C)cc(CC(C)C(C)CNC(C)C)c1. The largest absolute Gasteiger partial charge is 0.314 e. The van der Waals surface area contributed by atoms with Gasteiger partial charge in [0.05, 0.1) is 0 Å². The van der Waals surface area contributed by atoms with Crippen molar-refractivity contribution in [1.29, 1.82) is 0 Å². The molecule has 1 rings (SSSR count). The van der Waals surface area contributed by atoms with E-state index in [0.717, 1.165) is 12.5 Å². The van der Waals surface area contributed by atoms with Gasteiger partial charge in [0.1, 0.15) is 0 Å². The molecule has 1 aromatic rings. The van der Waals surface area contributed by atoms with Crippen LogP contribution in [0.1, 0.15) is 44.4 Å². The van der Waals surface area contributed by atoms with E-state index in [1.807, 2.05) is 0 Å². The molecule has 0 saturated carbocycles. The van der Waals surface area contributed by atoms with E-state index in [9.17, 15) is 0 Å². The van der Waals surface area contributed by atoms with Crippen molar-refractivity contribution in [2.45, 2.75) is 54.0 Å². The van der Waals surface area contributed by atoms with Crippen LogP contribution in [0.3, 0.4) is 0 Å². The van der Waals surface area contributed by atoms with Gasteiger partial charge in [-0.1, -0.05) is 57.0 Å². The highest BCUT2D eigenvalue weighted by molar-refractivity contribution is 5.28. The molecular formula is C17H29N. The first-order valence-electron chi connectivity index (χ1n) is 7.19. The molecule has 0 aliphatic rings. The lowest BCUT2D eigenvalue weighted by molar-refractivity contribution is 0.354. The van der Waals surface area contributed by atoms with E-state index >= 15 is 0 Å². The van der Waals surface area contributed by atoms with Gasteiger partial charge in [-0.3, -0.25) is 0 Å². The molecule has 0 spiro atoms. The second-order valence-electron chi connectivity index (χ2n) is 6.22. The fourth-order valence-electron chi connectivity index (χ4n) is 2.38. The van der Waals surface area contributed by atoms with Crippen LogP contribution in [0.15, 0.2) is 18.2 Å². The normalized spacial score (nSPS) is 14.8. The first kappa shape index (κ1) is 15.2. The molecule has 0 aliphatic heterocycles. The highest BCUT2D eigenvalue weighted by Crippen LogP contribution is 2.18. The van der Waals surface area contributed by atoms with Gasteiger partial charge in [0.2, 0.25) is 0 Å². The quantitative estimate of drug-likeness (QED) is 0.797. The van der Waals surface area contributed by atoms with Gasteiger partial charge >= 0.3 is 0 Å². The second kappa shape index (κ2) is 6.94. The van der Waals surface area contributed by atoms with E-state index in [-0.39, 0.29) is 0 Å². The van der Waals surface area contributed by atoms with Gasteiger partial charge in [-0.15, -0.1) is 0 Å². The molecule has 0 aromatic heterocycles. The lowest BCUT2D eigenvalue weighted by Gasteiger charge is -2.22. The lowest BCUT2D eigenvalue weighted by Crippen LogP contribution is -2.31. The standard InChI is InChI=1S/C17H29N/c1-12(2)18-11-16(6)15(5)10-17-8-13(3)7-14(4)9-17/h7-9,12,15-16,18H,10-11H2,1-6H3. The van der Waals surface area contributed by atoms with E-state index in [0.29, 0.717) is 12.0 Å². The maximum atomic E-state index is 3.53. The molecule has 0 bridgehead atoms. The number of hydrogen-bond donors (Lipinski definition) is 1. The molecule has 0 aliphatic carbocycles. The van der Waals surface area contributed by atoms with Gasteiger partial charge in [-0.2, -0.15) is 0 Å². The fraction of sp³-hybridized carbons (Fsp3) is 0.647.